The van der Waals surface area contributed by atoms with Crippen LogP contribution in [-0.4, -0.2) is 6.61 Å². The minimum absolute atomic E-state index is 0.295. The Labute approximate surface area is 77.5 Å². The van der Waals surface area contributed by atoms with E-state index in [0.717, 1.165) is 0 Å². The van der Waals surface area contributed by atoms with Gasteiger partial charge >= 0.3 is 0 Å². The molecule has 1 unspecified atom stereocenters. The van der Waals surface area contributed by atoms with Gasteiger partial charge in [-0.25, -0.2) is 0 Å². The average molecular weight is 185 g/mol. The molecule has 0 fully saturated rings. The Kier molecular flexibility index (Phi) is 3.72. The maximum absolute atomic E-state index is 5.12. The summed E-state index contributed by atoms with van der Waals surface area (Å²) < 4.78 is 0. The standard InChI is InChI=1S/C9H15NOS/c1-4-11-10-8(3)9-6-5-7(2)12-9/h5-6,8,10H,4H2,1-3H3. The lowest BCUT2D eigenvalue weighted by molar-refractivity contribution is 0.0293. The van der Waals surface area contributed by atoms with Crippen molar-refractivity contribution in [2.45, 2.75) is 26.8 Å². The molecule has 0 aliphatic heterocycles. The molecule has 1 atom stereocenters. The first-order valence-electron chi connectivity index (χ1n) is 4.17. The first kappa shape index (κ1) is 9.71. The third kappa shape index (κ3) is 2.59. The summed E-state index contributed by atoms with van der Waals surface area (Å²) in [5.41, 5.74) is 2.97. The molecule has 1 aromatic heterocycles. The highest BCUT2D eigenvalue weighted by Crippen LogP contribution is 2.21. The molecule has 1 heterocycles. The second kappa shape index (κ2) is 4.60. The molecule has 0 aromatic carbocycles. The highest BCUT2D eigenvalue weighted by atomic mass is 32.1. The van der Waals surface area contributed by atoms with Crippen LogP contribution in [0.4, 0.5) is 0 Å². The molecule has 0 aliphatic carbocycles. The van der Waals surface area contributed by atoms with Crippen molar-refractivity contribution in [2.75, 3.05) is 6.61 Å². The van der Waals surface area contributed by atoms with Crippen LogP contribution in [0.1, 0.15) is 29.6 Å². The second-order valence-corrected chi connectivity index (χ2v) is 4.04. The van der Waals surface area contributed by atoms with Crippen LogP contribution >= 0.6 is 11.3 Å². The Morgan fingerprint density at radius 2 is 2.33 bits per heavy atom. The number of hydrogen-bond donors (Lipinski definition) is 1. The number of thiophene rings is 1. The lowest BCUT2D eigenvalue weighted by atomic mass is 10.3. The van der Waals surface area contributed by atoms with E-state index < -0.39 is 0 Å². The summed E-state index contributed by atoms with van der Waals surface area (Å²) in [4.78, 5) is 7.78. The maximum Gasteiger partial charge on any atom is 0.0654 e. The fourth-order valence-electron chi connectivity index (χ4n) is 0.953. The van der Waals surface area contributed by atoms with Crippen molar-refractivity contribution in [3.63, 3.8) is 0 Å². The summed E-state index contributed by atoms with van der Waals surface area (Å²) in [6.45, 7) is 6.89. The Bertz CT molecular complexity index is 234. The maximum atomic E-state index is 5.12. The van der Waals surface area contributed by atoms with Crippen LogP contribution in [0.2, 0.25) is 0 Å². The van der Waals surface area contributed by atoms with E-state index in [0.29, 0.717) is 12.6 Å². The van der Waals surface area contributed by atoms with Crippen molar-refractivity contribution in [3.8, 4) is 0 Å². The minimum atomic E-state index is 0.295. The van der Waals surface area contributed by atoms with Gasteiger partial charge in [-0.05, 0) is 32.9 Å². The van der Waals surface area contributed by atoms with Crippen molar-refractivity contribution in [1.82, 2.24) is 5.48 Å². The smallest absolute Gasteiger partial charge is 0.0654 e. The van der Waals surface area contributed by atoms with E-state index in [2.05, 4.69) is 31.5 Å². The topological polar surface area (TPSA) is 21.3 Å². The van der Waals surface area contributed by atoms with E-state index in [1.165, 1.54) is 9.75 Å². The second-order valence-electron chi connectivity index (χ2n) is 2.72. The van der Waals surface area contributed by atoms with Crippen LogP contribution < -0.4 is 5.48 Å². The first-order valence-corrected chi connectivity index (χ1v) is 4.99. The Morgan fingerprint density at radius 3 is 2.83 bits per heavy atom. The zero-order valence-corrected chi connectivity index (χ0v) is 8.57. The summed E-state index contributed by atoms with van der Waals surface area (Å²) in [5.74, 6) is 0. The summed E-state index contributed by atoms with van der Waals surface area (Å²) in [7, 11) is 0. The van der Waals surface area contributed by atoms with Crippen LogP contribution in [0.15, 0.2) is 12.1 Å². The quantitative estimate of drug-likeness (QED) is 0.728. The summed E-state index contributed by atoms with van der Waals surface area (Å²) in [6, 6.07) is 4.56. The molecule has 0 amide bonds. The highest BCUT2D eigenvalue weighted by Gasteiger charge is 2.05. The SMILES string of the molecule is CCONC(C)c1ccc(C)s1. The Balaban J connectivity index is 2.47. The molecule has 0 saturated heterocycles. The van der Waals surface area contributed by atoms with Gasteiger partial charge in [0, 0.05) is 9.75 Å². The molecule has 1 aromatic rings. The molecule has 0 bridgehead atoms. The zero-order chi connectivity index (χ0) is 8.97. The minimum Gasteiger partial charge on any atom is -0.301 e. The number of rotatable bonds is 4. The molecule has 3 heteroatoms. The molecular weight excluding hydrogens is 170 g/mol. The number of nitrogens with one attached hydrogen (secondary N) is 1. The van der Waals surface area contributed by atoms with Gasteiger partial charge in [0.05, 0.1) is 12.6 Å². The van der Waals surface area contributed by atoms with Crippen molar-refractivity contribution in [1.29, 1.82) is 0 Å². The van der Waals surface area contributed by atoms with Crippen molar-refractivity contribution in [2.24, 2.45) is 0 Å². The first-order chi connectivity index (χ1) is 5.74. The zero-order valence-electron chi connectivity index (χ0n) is 7.76. The van der Waals surface area contributed by atoms with Crippen molar-refractivity contribution in [3.05, 3.63) is 21.9 Å². The Morgan fingerprint density at radius 1 is 1.58 bits per heavy atom. The predicted molar refractivity (Wildman–Crippen MR) is 52.2 cm³/mol. The third-order valence-corrected chi connectivity index (χ3v) is 2.78. The molecule has 12 heavy (non-hydrogen) atoms. The van der Waals surface area contributed by atoms with Gasteiger partial charge in [0.15, 0.2) is 0 Å². The molecule has 1 rings (SSSR count). The van der Waals surface area contributed by atoms with E-state index in [1.54, 1.807) is 11.3 Å². The molecule has 1 N–H and O–H groups in total. The fourth-order valence-corrected chi connectivity index (χ4v) is 1.82. The molecule has 0 spiro atoms. The van der Waals surface area contributed by atoms with Gasteiger partial charge in [0.25, 0.3) is 0 Å². The van der Waals surface area contributed by atoms with E-state index >= 15 is 0 Å². The van der Waals surface area contributed by atoms with Gasteiger partial charge in [-0.3, -0.25) is 0 Å². The van der Waals surface area contributed by atoms with Gasteiger partial charge in [0.2, 0.25) is 0 Å². The van der Waals surface area contributed by atoms with Crippen molar-refractivity contribution < 1.29 is 4.84 Å². The summed E-state index contributed by atoms with van der Waals surface area (Å²) in [5, 5.41) is 0. The summed E-state index contributed by atoms with van der Waals surface area (Å²) in [6.07, 6.45) is 0. The van der Waals surface area contributed by atoms with Crippen LogP contribution in [-0.2, 0) is 4.84 Å². The van der Waals surface area contributed by atoms with E-state index in [9.17, 15) is 0 Å². The molecular formula is C9H15NOS. The van der Waals surface area contributed by atoms with Crippen LogP contribution in [0.25, 0.3) is 0 Å². The van der Waals surface area contributed by atoms with Gasteiger partial charge in [0.1, 0.15) is 0 Å². The third-order valence-electron chi connectivity index (χ3n) is 1.59. The van der Waals surface area contributed by atoms with Gasteiger partial charge in [-0.1, -0.05) is 0 Å². The van der Waals surface area contributed by atoms with Gasteiger partial charge in [-0.15, -0.1) is 11.3 Å². The highest BCUT2D eigenvalue weighted by molar-refractivity contribution is 7.12. The van der Waals surface area contributed by atoms with Crippen molar-refractivity contribution >= 4 is 11.3 Å². The molecule has 0 radical (unpaired) electrons. The van der Waals surface area contributed by atoms with E-state index in [4.69, 9.17) is 4.84 Å². The average Bonchev–Trinajstić information content (AvgIpc) is 2.47. The normalized spacial score (nSPS) is 13.2. The lowest BCUT2D eigenvalue weighted by Crippen LogP contribution is -2.17. The number of aryl methyl sites for hydroxylation is 1. The van der Waals surface area contributed by atoms with Crippen LogP contribution in [0.5, 0.6) is 0 Å². The van der Waals surface area contributed by atoms with E-state index in [-0.39, 0.29) is 0 Å². The van der Waals surface area contributed by atoms with E-state index in [1.807, 2.05) is 6.92 Å². The monoisotopic (exact) mass is 185 g/mol. The van der Waals surface area contributed by atoms with Crippen LogP contribution in [0, 0.1) is 6.92 Å². The van der Waals surface area contributed by atoms with Crippen LogP contribution in [0.3, 0.4) is 0 Å². The Hall–Kier alpha value is -0.380. The molecule has 68 valence electrons. The lowest BCUT2D eigenvalue weighted by Gasteiger charge is -2.10. The largest absolute Gasteiger partial charge is 0.301 e. The van der Waals surface area contributed by atoms with Gasteiger partial charge < -0.3 is 4.84 Å². The van der Waals surface area contributed by atoms with Gasteiger partial charge in [-0.2, -0.15) is 5.48 Å². The number of hydroxylamine groups is 1. The summed E-state index contributed by atoms with van der Waals surface area (Å²) >= 11 is 1.80. The number of hydrogen-bond acceptors (Lipinski definition) is 3. The molecule has 0 saturated carbocycles. The molecule has 2 nitrogen and oxygen atoms in total. The predicted octanol–water partition coefficient (Wildman–Crippen LogP) is 2.66. The molecule has 0 aliphatic rings. The fraction of sp³-hybridized carbons (Fsp3) is 0.556.